The zero-order chi connectivity index (χ0) is 19.9. The van der Waals surface area contributed by atoms with E-state index in [9.17, 15) is 0 Å². The highest BCUT2D eigenvalue weighted by atomic mass is 15.1. The van der Waals surface area contributed by atoms with E-state index in [2.05, 4.69) is 63.6 Å². The lowest BCUT2D eigenvalue weighted by molar-refractivity contribution is 0.298. The van der Waals surface area contributed by atoms with Crippen LogP contribution in [0.25, 0.3) is 22.2 Å². The number of fused-ring (bicyclic) bond motifs is 1. The Morgan fingerprint density at radius 1 is 1.14 bits per heavy atom. The van der Waals surface area contributed by atoms with Crippen molar-refractivity contribution in [3.8, 4) is 11.3 Å². The number of nitrogen functional groups attached to an aromatic ring is 1. The summed E-state index contributed by atoms with van der Waals surface area (Å²) in [4.78, 5) is 10.1. The predicted octanol–water partition coefficient (Wildman–Crippen LogP) is 3.68. The summed E-state index contributed by atoms with van der Waals surface area (Å²) in [6, 6.07) is 10.7. The van der Waals surface area contributed by atoms with E-state index < -0.39 is 0 Å². The van der Waals surface area contributed by atoms with Crippen LogP contribution < -0.4 is 16.4 Å². The Balaban J connectivity index is 1.66. The predicted molar refractivity (Wildman–Crippen MR) is 120 cm³/mol. The number of benzene rings is 1. The summed E-state index contributed by atoms with van der Waals surface area (Å²) in [5.74, 6) is 0.508. The van der Waals surface area contributed by atoms with Crippen LogP contribution in [0.5, 0.6) is 0 Å². The van der Waals surface area contributed by atoms with E-state index in [0.717, 1.165) is 55.2 Å². The van der Waals surface area contributed by atoms with Crippen molar-refractivity contribution < 1.29 is 0 Å². The molecule has 0 atom stereocenters. The van der Waals surface area contributed by atoms with Gasteiger partial charge in [0.05, 0.1) is 5.69 Å². The Kier molecular flexibility index (Phi) is 6.90. The van der Waals surface area contributed by atoms with E-state index in [4.69, 9.17) is 5.73 Å². The quantitative estimate of drug-likeness (QED) is 0.404. The molecule has 0 aliphatic rings. The van der Waals surface area contributed by atoms with Gasteiger partial charge in [0.1, 0.15) is 5.82 Å². The van der Waals surface area contributed by atoms with E-state index in [-0.39, 0.29) is 0 Å². The average molecular weight is 381 g/mol. The number of nitrogens with zero attached hydrogens (tertiary/aromatic N) is 2. The third-order valence-corrected chi connectivity index (χ3v) is 5.26. The lowest BCUT2D eigenvalue weighted by Crippen LogP contribution is -2.27. The fraction of sp³-hybridized carbons (Fsp3) is 0.409. The number of H-pyrrole nitrogens is 1. The maximum atomic E-state index is 6.00. The van der Waals surface area contributed by atoms with E-state index in [1.807, 2.05) is 13.1 Å². The molecule has 6 nitrogen and oxygen atoms in total. The number of anilines is 2. The summed E-state index contributed by atoms with van der Waals surface area (Å²) in [5, 5.41) is 7.92. The Morgan fingerprint density at radius 3 is 2.71 bits per heavy atom. The first-order valence-corrected chi connectivity index (χ1v) is 10.1. The van der Waals surface area contributed by atoms with Crippen LogP contribution in [-0.4, -0.2) is 48.1 Å². The van der Waals surface area contributed by atoms with Gasteiger partial charge in [-0.05, 0) is 62.4 Å². The fourth-order valence-electron chi connectivity index (χ4n) is 3.60. The number of nitrogens with one attached hydrogen (secondary N) is 3. The minimum absolute atomic E-state index is 0.508. The van der Waals surface area contributed by atoms with Gasteiger partial charge in [-0.15, -0.1) is 0 Å². The van der Waals surface area contributed by atoms with Crippen LogP contribution in [0.15, 0.2) is 36.5 Å². The van der Waals surface area contributed by atoms with E-state index in [1.54, 1.807) is 6.20 Å². The molecule has 5 N–H and O–H groups in total. The monoisotopic (exact) mass is 380 g/mol. The van der Waals surface area contributed by atoms with Crippen LogP contribution in [0.2, 0.25) is 0 Å². The van der Waals surface area contributed by atoms with Crippen LogP contribution in [-0.2, 0) is 6.54 Å². The Hall–Kier alpha value is -2.57. The van der Waals surface area contributed by atoms with Crippen molar-refractivity contribution in [2.75, 3.05) is 44.3 Å². The number of hydrogen-bond donors (Lipinski definition) is 4. The van der Waals surface area contributed by atoms with Gasteiger partial charge in [-0.1, -0.05) is 19.9 Å². The molecular weight excluding hydrogens is 348 g/mol. The van der Waals surface area contributed by atoms with Crippen LogP contribution >= 0.6 is 0 Å². The Bertz CT molecular complexity index is 897. The second-order valence-corrected chi connectivity index (χ2v) is 7.03. The molecule has 3 aromatic rings. The van der Waals surface area contributed by atoms with Crippen molar-refractivity contribution in [2.45, 2.75) is 26.8 Å². The third kappa shape index (κ3) is 4.64. The van der Waals surface area contributed by atoms with Crippen LogP contribution in [0.1, 0.15) is 25.8 Å². The highest BCUT2D eigenvalue weighted by Gasteiger charge is 2.11. The van der Waals surface area contributed by atoms with E-state index in [1.165, 1.54) is 17.4 Å². The van der Waals surface area contributed by atoms with Gasteiger partial charge in [-0.25, -0.2) is 4.98 Å². The zero-order valence-electron chi connectivity index (χ0n) is 17.2. The first-order chi connectivity index (χ1) is 13.7. The topological polar surface area (TPSA) is 82.0 Å². The fourth-order valence-corrected chi connectivity index (χ4v) is 3.60. The molecule has 0 aliphatic heterocycles. The summed E-state index contributed by atoms with van der Waals surface area (Å²) in [6.45, 7) is 9.77. The molecule has 0 radical (unpaired) electrons. The van der Waals surface area contributed by atoms with Crippen molar-refractivity contribution in [1.29, 1.82) is 0 Å². The normalized spacial score (nSPS) is 11.4. The van der Waals surface area contributed by atoms with Crippen molar-refractivity contribution >= 4 is 22.4 Å². The molecule has 1 aromatic carbocycles. The minimum atomic E-state index is 0.508. The van der Waals surface area contributed by atoms with Gasteiger partial charge in [0.15, 0.2) is 0 Å². The van der Waals surface area contributed by atoms with Crippen molar-refractivity contribution in [1.82, 2.24) is 20.2 Å². The molecule has 0 unspecified atom stereocenters. The first-order valence-electron chi connectivity index (χ1n) is 10.1. The molecule has 0 fully saturated rings. The molecule has 0 spiro atoms. The van der Waals surface area contributed by atoms with Gasteiger partial charge < -0.3 is 26.3 Å². The lowest BCUT2D eigenvalue weighted by atomic mass is 10.1. The molecule has 0 saturated carbocycles. The Morgan fingerprint density at radius 2 is 1.96 bits per heavy atom. The van der Waals surface area contributed by atoms with Crippen molar-refractivity contribution in [3.05, 3.63) is 42.1 Å². The van der Waals surface area contributed by atoms with E-state index in [0.29, 0.717) is 5.82 Å². The van der Waals surface area contributed by atoms with Gasteiger partial charge in [0.2, 0.25) is 0 Å². The second kappa shape index (κ2) is 9.57. The van der Waals surface area contributed by atoms with E-state index >= 15 is 0 Å². The van der Waals surface area contributed by atoms with Crippen molar-refractivity contribution in [3.63, 3.8) is 0 Å². The maximum absolute atomic E-state index is 6.00. The molecule has 2 aromatic heterocycles. The van der Waals surface area contributed by atoms with Crippen LogP contribution in [0, 0.1) is 0 Å². The number of pyridine rings is 1. The summed E-state index contributed by atoms with van der Waals surface area (Å²) in [7, 11) is 1.86. The molecular formula is C22H32N6. The number of aromatic amines is 1. The summed E-state index contributed by atoms with van der Waals surface area (Å²) < 4.78 is 0. The smallest absolute Gasteiger partial charge is 0.147 e. The largest absolute Gasteiger partial charge is 0.385 e. The molecule has 6 heteroatoms. The molecule has 2 heterocycles. The molecule has 3 rings (SSSR count). The number of hydrogen-bond acceptors (Lipinski definition) is 5. The van der Waals surface area contributed by atoms with Gasteiger partial charge >= 0.3 is 0 Å². The van der Waals surface area contributed by atoms with Gasteiger partial charge in [-0.2, -0.15) is 0 Å². The first kappa shape index (κ1) is 20.2. The third-order valence-electron chi connectivity index (χ3n) is 5.26. The molecule has 0 aliphatic carbocycles. The minimum Gasteiger partial charge on any atom is -0.385 e. The van der Waals surface area contributed by atoms with Gasteiger partial charge in [0.25, 0.3) is 0 Å². The standard InChI is InChI=1S/C22H32N6/c1-4-28(5-2)12-6-10-25-15-16-7-8-19-17(13-16)14-20(27-19)18-9-11-26-22(23)21(18)24-3/h7-9,11,13-14,24-25,27H,4-6,10,12,15H2,1-3H3,(H2,23,26). The Labute approximate surface area is 167 Å². The summed E-state index contributed by atoms with van der Waals surface area (Å²) in [6.07, 6.45) is 2.92. The molecule has 150 valence electrons. The SMILES string of the molecule is CCN(CC)CCCNCc1ccc2[nH]c(-c3ccnc(N)c3NC)cc2c1. The zero-order valence-corrected chi connectivity index (χ0v) is 17.2. The molecule has 0 amide bonds. The second-order valence-electron chi connectivity index (χ2n) is 7.03. The average Bonchev–Trinajstić information content (AvgIpc) is 3.13. The molecule has 0 bridgehead atoms. The van der Waals surface area contributed by atoms with Gasteiger partial charge in [0, 0.05) is 41.9 Å². The van der Waals surface area contributed by atoms with Crippen molar-refractivity contribution in [2.24, 2.45) is 0 Å². The number of aromatic nitrogens is 2. The van der Waals surface area contributed by atoms with Crippen LogP contribution in [0.4, 0.5) is 11.5 Å². The summed E-state index contributed by atoms with van der Waals surface area (Å²) in [5.41, 5.74) is 11.3. The van der Waals surface area contributed by atoms with Gasteiger partial charge in [-0.3, -0.25) is 0 Å². The number of nitrogens with two attached hydrogens (primary N) is 1. The van der Waals surface area contributed by atoms with Crippen LogP contribution in [0.3, 0.4) is 0 Å². The molecule has 28 heavy (non-hydrogen) atoms. The number of rotatable bonds is 10. The highest BCUT2D eigenvalue weighted by Crippen LogP contribution is 2.32. The highest BCUT2D eigenvalue weighted by molar-refractivity contribution is 5.91. The maximum Gasteiger partial charge on any atom is 0.147 e. The molecule has 0 saturated heterocycles. The lowest BCUT2D eigenvalue weighted by Gasteiger charge is -2.17. The summed E-state index contributed by atoms with van der Waals surface area (Å²) >= 11 is 0.